The number of hydrogen-bond acceptors (Lipinski definition) is 5. The third-order valence-electron chi connectivity index (χ3n) is 10.2. The number of aryl methyl sites for hydroxylation is 2. The molecule has 0 aliphatic carbocycles. The number of hydrogen-bond donors (Lipinski definition) is 2. The first-order valence-corrected chi connectivity index (χ1v) is 21.4. The molecular formula is C46H74MgO6. The van der Waals surface area contributed by atoms with Crippen molar-refractivity contribution in [2.45, 2.75) is 206 Å². The van der Waals surface area contributed by atoms with Crippen LogP contribution in [0, 0.1) is 0 Å². The predicted octanol–water partition coefficient (Wildman–Crippen LogP) is 11.9. The second-order valence-electron chi connectivity index (χ2n) is 15.0. The average molecular weight is 747 g/mol. The van der Waals surface area contributed by atoms with Crippen LogP contribution in [0.4, 0.5) is 0 Å². The Labute approximate surface area is 340 Å². The Kier molecular flexibility index (Phi) is 33.9. The molecule has 7 heteroatoms. The molecule has 0 amide bonds. The van der Waals surface area contributed by atoms with E-state index in [1.807, 2.05) is 6.07 Å². The molecule has 0 spiro atoms. The first-order chi connectivity index (χ1) is 25.3. The van der Waals surface area contributed by atoms with E-state index in [9.17, 15) is 24.9 Å². The van der Waals surface area contributed by atoms with E-state index in [-0.39, 0.29) is 39.9 Å². The van der Waals surface area contributed by atoms with Crippen molar-refractivity contribution in [3.05, 3.63) is 58.7 Å². The van der Waals surface area contributed by atoms with Gasteiger partial charge in [0.1, 0.15) is 11.3 Å². The molecule has 0 atom stereocenters. The van der Waals surface area contributed by atoms with E-state index in [1.54, 1.807) is 12.1 Å². The van der Waals surface area contributed by atoms with Crippen molar-refractivity contribution in [2.24, 2.45) is 0 Å². The van der Waals surface area contributed by atoms with Crippen molar-refractivity contribution in [1.82, 2.24) is 0 Å². The molecule has 0 bridgehead atoms. The normalized spacial score (nSPS) is 10.8. The van der Waals surface area contributed by atoms with Crippen molar-refractivity contribution in [3.63, 3.8) is 0 Å². The molecule has 2 aromatic carbocycles. The Morgan fingerprint density at radius 3 is 1.08 bits per heavy atom. The van der Waals surface area contributed by atoms with Crippen LogP contribution in [0.15, 0.2) is 36.4 Å². The number of carbonyl (C=O) groups is 2. The molecule has 0 aliphatic heterocycles. The molecule has 0 fully saturated rings. The van der Waals surface area contributed by atoms with E-state index in [2.05, 4.69) is 13.8 Å². The summed E-state index contributed by atoms with van der Waals surface area (Å²) in [6.07, 6.45) is 39.2. The Hall–Kier alpha value is -2.25. The summed E-state index contributed by atoms with van der Waals surface area (Å²) in [5, 5.41) is 40.9. The summed E-state index contributed by atoms with van der Waals surface area (Å²) in [6, 6.07) is 9.44. The summed E-state index contributed by atoms with van der Waals surface area (Å²) in [4.78, 5) is 21.6. The maximum atomic E-state index is 11.6. The number of carboxylic acid groups (broad SMARTS) is 2. The van der Waals surface area contributed by atoms with Gasteiger partial charge in [0.05, 0.1) is 5.97 Å². The van der Waals surface area contributed by atoms with E-state index in [1.165, 1.54) is 185 Å². The van der Waals surface area contributed by atoms with E-state index in [0.717, 1.165) is 36.8 Å². The molecular weight excluding hydrogens is 673 g/mol. The maximum absolute atomic E-state index is 11.6. The monoisotopic (exact) mass is 747 g/mol. The third-order valence-corrected chi connectivity index (χ3v) is 10.2. The minimum Gasteiger partial charge on any atom is -0.872 e. The van der Waals surface area contributed by atoms with Gasteiger partial charge < -0.3 is 25.2 Å². The van der Waals surface area contributed by atoms with Crippen LogP contribution in [-0.2, 0) is 12.8 Å². The van der Waals surface area contributed by atoms with Gasteiger partial charge in [-0.15, -0.1) is 0 Å². The fourth-order valence-corrected chi connectivity index (χ4v) is 6.85. The van der Waals surface area contributed by atoms with Crippen molar-refractivity contribution in [3.8, 4) is 11.5 Å². The minimum absolute atomic E-state index is 0. The van der Waals surface area contributed by atoms with Crippen LogP contribution < -0.4 is 10.2 Å². The van der Waals surface area contributed by atoms with Crippen LogP contribution in [-0.4, -0.2) is 45.2 Å². The van der Waals surface area contributed by atoms with Crippen LogP contribution in [0.1, 0.15) is 225 Å². The zero-order chi connectivity index (χ0) is 38.1. The van der Waals surface area contributed by atoms with Gasteiger partial charge in [0, 0.05) is 0 Å². The molecule has 6 nitrogen and oxygen atoms in total. The van der Waals surface area contributed by atoms with Gasteiger partial charge in [-0.2, -0.15) is 0 Å². The van der Waals surface area contributed by atoms with Gasteiger partial charge in [0.15, 0.2) is 0 Å². The molecule has 0 aromatic heterocycles. The minimum atomic E-state index is -1.39. The van der Waals surface area contributed by atoms with Crippen LogP contribution in [0.25, 0.3) is 0 Å². The van der Waals surface area contributed by atoms with Crippen molar-refractivity contribution < 1.29 is 30.0 Å². The average Bonchev–Trinajstić information content (AvgIpc) is 3.12. The molecule has 0 aliphatic rings. The number of benzene rings is 2. The number of carboxylic acids is 2. The van der Waals surface area contributed by atoms with Gasteiger partial charge in [-0.05, 0) is 54.5 Å². The van der Waals surface area contributed by atoms with Gasteiger partial charge in [0.2, 0.25) is 0 Å². The second-order valence-corrected chi connectivity index (χ2v) is 15.0. The molecule has 2 rings (SSSR count). The summed E-state index contributed by atoms with van der Waals surface area (Å²) in [6.45, 7) is 4.53. The second kappa shape index (κ2) is 35.4. The predicted molar refractivity (Wildman–Crippen MR) is 219 cm³/mol. The van der Waals surface area contributed by atoms with Gasteiger partial charge in [0.25, 0.3) is 0 Å². The molecule has 0 saturated heterocycles. The number of rotatable bonds is 32. The number of aromatic carboxylic acids is 2. The number of unbranched alkanes of at least 4 members (excludes halogenated alkanes) is 26. The summed E-state index contributed by atoms with van der Waals surface area (Å²) in [5.74, 6) is -3.03. The summed E-state index contributed by atoms with van der Waals surface area (Å²) in [5.41, 5.74) is 1.69. The number of phenols is 1. The van der Waals surface area contributed by atoms with Crippen LogP contribution >= 0.6 is 0 Å². The number of aromatic hydroxyl groups is 1. The van der Waals surface area contributed by atoms with E-state index in [4.69, 9.17) is 5.11 Å². The summed E-state index contributed by atoms with van der Waals surface area (Å²) in [7, 11) is 0. The van der Waals surface area contributed by atoms with Crippen molar-refractivity contribution >= 4 is 35.0 Å². The molecule has 296 valence electrons. The smallest absolute Gasteiger partial charge is 0.872 e. The summed E-state index contributed by atoms with van der Waals surface area (Å²) < 4.78 is 0. The molecule has 0 saturated carbocycles. The fraction of sp³-hybridized carbons (Fsp3) is 0.696. The van der Waals surface area contributed by atoms with Crippen LogP contribution in [0.2, 0.25) is 0 Å². The van der Waals surface area contributed by atoms with Gasteiger partial charge in [-0.1, -0.05) is 211 Å². The molecule has 0 unspecified atom stereocenters. The first-order valence-electron chi connectivity index (χ1n) is 21.4. The van der Waals surface area contributed by atoms with Crippen molar-refractivity contribution in [1.29, 1.82) is 0 Å². The largest absolute Gasteiger partial charge is 2.00 e. The van der Waals surface area contributed by atoms with E-state index < -0.39 is 17.7 Å². The first kappa shape index (κ1) is 50.7. The van der Waals surface area contributed by atoms with Crippen LogP contribution in [0.3, 0.4) is 0 Å². The Morgan fingerprint density at radius 1 is 0.491 bits per heavy atom. The third kappa shape index (κ3) is 27.9. The standard InChI is InChI=1S/2C23H38O3.Mg/c2*1-2-3-4-5-6-7-8-9-10-11-12-13-14-15-16-20-17-18-21(23(25)26)22(24)19-20;/h2*17-19,24H,2-16H2,1H3,(H,25,26);/q;;+2/p-2. The Morgan fingerprint density at radius 2 is 0.792 bits per heavy atom. The Balaban J connectivity index is 0.00000100. The fourth-order valence-electron chi connectivity index (χ4n) is 6.85. The van der Waals surface area contributed by atoms with Gasteiger partial charge >= 0.3 is 29.0 Å². The Bertz CT molecular complexity index is 1090. The molecule has 0 radical (unpaired) electrons. The molecule has 0 heterocycles. The topological polar surface area (TPSA) is 121 Å². The van der Waals surface area contributed by atoms with Crippen LogP contribution in [0.5, 0.6) is 11.5 Å². The van der Waals surface area contributed by atoms with Gasteiger partial charge in [-0.3, -0.25) is 0 Å². The van der Waals surface area contributed by atoms with Gasteiger partial charge in [-0.25, -0.2) is 4.79 Å². The number of carbonyl (C=O) groups excluding carboxylic acids is 1. The molecule has 53 heavy (non-hydrogen) atoms. The molecule has 2 aromatic rings. The van der Waals surface area contributed by atoms with E-state index >= 15 is 0 Å². The van der Waals surface area contributed by atoms with Crippen molar-refractivity contribution in [2.75, 3.05) is 0 Å². The molecule has 2 N–H and O–H groups in total. The zero-order valence-electron chi connectivity index (χ0n) is 33.9. The maximum Gasteiger partial charge on any atom is 2.00 e. The van der Waals surface area contributed by atoms with E-state index in [0.29, 0.717) is 0 Å². The quantitative estimate of drug-likeness (QED) is 0.0568. The zero-order valence-corrected chi connectivity index (χ0v) is 35.3. The SMILES string of the molecule is CCCCCCCCCCCCCCCCc1ccc(C(=O)O)c(O)c1.CCCCCCCCCCCCCCCCc1ccc(C(=O)[O-])c([O-])c1.[Mg+2]. The summed E-state index contributed by atoms with van der Waals surface area (Å²) >= 11 is 0.